The van der Waals surface area contributed by atoms with Crippen molar-refractivity contribution in [3.8, 4) is 11.5 Å². The van der Waals surface area contributed by atoms with Crippen molar-refractivity contribution in [3.63, 3.8) is 0 Å². The van der Waals surface area contributed by atoms with Gasteiger partial charge in [0.1, 0.15) is 0 Å². The average molecular weight is 751 g/mol. The highest BCUT2D eigenvalue weighted by Gasteiger charge is 2.53. The second-order valence-electron chi connectivity index (χ2n) is 14.6. The number of aliphatic hydroxyl groups is 2. The first-order valence-electron chi connectivity index (χ1n) is 18.1. The molecule has 3 fully saturated rings. The predicted molar refractivity (Wildman–Crippen MR) is 198 cm³/mol. The van der Waals surface area contributed by atoms with Crippen molar-refractivity contribution in [2.45, 2.75) is 87.1 Å². The first-order valence-corrected chi connectivity index (χ1v) is 18.9. The standard InChI is InChI=1S/C40H45Cl2N3O7/c1-50-34-15-6-27(24-35(34)51-32-4-2-3-5-32)33-25-40(52-43-33,37(47)45-22-18-39(49,19-23-45)29-9-13-31(42)14-10-29)26-36(46)44-20-16-38(48,17-21-44)28-7-11-30(41)12-8-28/h6-15,24,32,48-49H,2-5,16-23,25-26H2,1H3. The molecule has 3 aliphatic heterocycles. The minimum Gasteiger partial charge on any atom is -0.493 e. The third-order valence-corrected chi connectivity index (χ3v) is 11.8. The predicted octanol–water partition coefficient (Wildman–Crippen LogP) is 6.60. The van der Waals surface area contributed by atoms with Crippen LogP contribution in [-0.4, -0.2) is 82.5 Å². The van der Waals surface area contributed by atoms with E-state index in [4.69, 9.17) is 37.5 Å². The molecule has 12 heteroatoms. The molecule has 276 valence electrons. The van der Waals surface area contributed by atoms with Gasteiger partial charge in [0, 0.05) is 48.2 Å². The molecule has 3 aromatic rings. The highest BCUT2D eigenvalue weighted by atomic mass is 35.5. The highest BCUT2D eigenvalue weighted by Crippen LogP contribution is 2.40. The van der Waals surface area contributed by atoms with E-state index in [2.05, 4.69) is 5.16 Å². The molecule has 10 nitrogen and oxygen atoms in total. The van der Waals surface area contributed by atoms with E-state index >= 15 is 0 Å². The van der Waals surface area contributed by atoms with E-state index in [0.717, 1.165) is 42.4 Å². The van der Waals surface area contributed by atoms with Crippen molar-refractivity contribution >= 4 is 40.7 Å². The number of halogens is 2. The van der Waals surface area contributed by atoms with E-state index < -0.39 is 16.8 Å². The quantitative estimate of drug-likeness (QED) is 0.253. The van der Waals surface area contributed by atoms with Crippen LogP contribution in [-0.2, 0) is 25.6 Å². The summed E-state index contributed by atoms with van der Waals surface area (Å²) in [4.78, 5) is 38.1. The Bertz CT molecular complexity index is 1800. The van der Waals surface area contributed by atoms with Gasteiger partial charge in [-0.3, -0.25) is 9.59 Å². The summed E-state index contributed by atoms with van der Waals surface area (Å²) in [6.45, 7) is 1.17. The summed E-state index contributed by atoms with van der Waals surface area (Å²) >= 11 is 12.2. The number of ether oxygens (including phenoxy) is 2. The Morgan fingerprint density at radius 1 is 0.808 bits per heavy atom. The molecule has 1 saturated carbocycles. The number of hydrogen-bond acceptors (Lipinski definition) is 8. The Hall–Kier alpha value is -3.83. The molecule has 7 rings (SSSR count). The number of likely N-dealkylation sites (tertiary alicyclic amines) is 2. The summed E-state index contributed by atoms with van der Waals surface area (Å²) in [6, 6.07) is 19.8. The molecular weight excluding hydrogens is 705 g/mol. The second-order valence-corrected chi connectivity index (χ2v) is 15.5. The van der Waals surface area contributed by atoms with E-state index in [1.807, 2.05) is 42.5 Å². The van der Waals surface area contributed by atoms with E-state index in [1.54, 1.807) is 41.2 Å². The SMILES string of the molecule is COc1ccc(C2=NOC(CC(=O)N3CCC(O)(c4ccc(Cl)cc4)CC3)(C(=O)N3CCC(O)(c4ccc(Cl)cc4)CC3)C2)cc1OC1CCCC1. The van der Waals surface area contributed by atoms with Gasteiger partial charge in [-0.15, -0.1) is 0 Å². The van der Waals surface area contributed by atoms with Crippen LogP contribution in [0.25, 0.3) is 0 Å². The van der Waals surface area contributed by atoms with Crippen molar-refractivity contribution < 1.29 is 34.1 Å². The maximum Gasteiger partial charge on any atom is 0.270 e. The molecule has 1 atom stereocenters. The zero-order valence-electron chi connectivity index (χ0n) is 29.4. The number of amides is 2. The number of piperidine rings is 2. The topological polar surface area (TPSA) is 121 Å². The molecule has 1 unspecified atom stereocenters. The minimum atomic E-state index is -1.58. The fourth-order valence-corrected chi connectivity index (χ4v) is 8.25. The van der Waals surface area contributed by atoms with Gasteiger partial charge in [-0.1, -0.05) is 52.6 Å². The van der Waals surface area contributed by atoms with Gasteiger partial charge >= 0.3 is 0 Å². The van der Waals surface area contributed by atoms with Crippen LogP contribution in [0.3, 0.4) is 0 Å². The Balaban J connectivity index is 1.10. The zero-order valence-corrected chi connectivity index (χ0v) is 30.9. The largest absolute Gasteiger partial charge is 0.493 e. The highest BCUT2D eigenvalue weighted by molar-refractivity contribution is 6.30. The van der Waals surface area contributed by atoms with Crippen LogP contribution in [0.5, 0.6) is 11.5 Å². The van der Waals surface area contributed by atoms with Gasteiger partial charge in [0.15, 0.2) is 11.5 Å². The van der Waals surface area contributed by atoms with Gasteiger partial charge in [-0.05, 0) is 105 Å². The molecule has 3 heterocycles. The summed E-state index contributed by atoms with van der Waals surface area (Å²) in [5.41, 5.74) is -1.03. The van der Waals surface area contributed by atoms with Crippen LogP contribution in [0, 0.1) is 0 Å². The number of nitrogens with zero attached hydrogens (tertiary/aromatic N) is 3. The second kappa shape index (κ2) is 14.9. The van der Waals surface area contributed by atoms with Gasteiger partial charge in [-0.2, -0.15) is 0 Å². The summed E-state index contributed by atoms with van der Waals surface area (Å²) in [7, 11) is 1.60. The van der Waals surface area contributed by atoms with Gasteiger partial charge < -0.3 is 34.3 Å². The molecule has 0 radical (unpaired) electrons. The normalized spacial score (nSPS) is 22.8. The van der Waals surface area contributed by atoms with E-state index in [-0.39, 0.29) is 43.8 Å². The van der Waals surface area contributed by atoms with Crippen molar-refractivity contribution in [1.29, 1.82) is 0 Å². The lowest BCUT2D eigenvalue weighted by molar-refractivity contribution is -0.166. The summed E-state index contributed by atoms with van der Waals surface area (Å²) in [5.74, 6) is 0.618. The number of carbonyl (C=O) groups excluding carboxylic acids is 2. The number of oxime groups is 1. The molecule has 2 saturated heterocycles. The molecular formula is C40H45Cl2N3O7. The number of rotatable bonds is 9. The maximum absolute atomic E-state index is 14.6. The Kier molecular flexibility index (Phi) is 10.5. The number of benzene rings is 3. The first kappa shape index (κ1) is 36.5. The Morgan fingerprint density at radius 2 is 1.35 bits per heavy atom. The summed E-state index contributed by atoms with van der Waals surface area (Å²) in [5, 5.41) is 28.6. The van der Waals surface area contributed by atoms with Crippen molar-refractivity contribution in [2.24, 2.45) is 5.16 Å². The van der Waals surface area contributed by atoms with Crippen molar-refractivity contribution in [3.05, 3.63) is 93.5 Å². The molecule has 1 aliphatic carbocycles. The van der Waals surface area contributed by atoms with Crippen LogP contribution in [0.1, 0.15) is 80.9 Å². The smallest absolute Gasteiger partial charge is 0.270 e. The molecule has 4 aliphatic rings. The average Bonchev–Trinajstić information content (AvgIpc) is 3.83. The van der Waals surface area contributed by atoms with Crippen LogP contribution >= 0.6 is 23.2 Å². The molecule has 0 aromatic heterocycles. The third kappa shape index (κ3) is 7.49. The lowest BCUT2D eigenvalue weighted by Gasteiger charge is -2.42. The van der Waals surface area contributed by atoms with Gasteiger partial charge in [-0.25, -0.2) is 0 Å². The molecule has 0 spiro atoms. The monoisotopic (exact) mass is 749 g/mol. The maximum atomic E-state index is 14.6. The van der Waals surface area contributed by atoms with E-state index in [0.29, 0.717) is 66.0 Å². The molecule has 2 amide bonds. The number of methoxy groups -OCH3 is 1. The Labute approximate surface area is 314 Å². The van der Waals surface area contributed by atoms with Crippen LogP contribution in [0.4, 0.5) is 0 Å². The lowest BCUT2D eigenvalue weighted by atomic mass is 9.82. The third-order valence-electron chi connectivity index (χ3n) is 11.3. The van der Waals surface area contributed by atoms with E-state index in [9.17, 15) is 19.8 Å². The molecule has 2 N–H and O–H groups in total. The molecule has 52 heavy (non-hydrogen) atoms. The number of carbonyl (C=O) groups is 2. The minimum absolute atomic E-state index is 0.0767. The van der Waals surface area contributed by atoms with Crippen molar-refractivity contribution in [1.82, 2.24) is 9.80 Å². The number of hydrogen-bond donors (Lipinski definition) is 2. The first-order chi connectivity index (χ1) is 25.0. The lowest BCUT2D eigenvalue weighted by Crippen LogP contribution is -2.56. The molecule has 3 aromatic carbocycles. The van der Waals surface area contributed by atoms with Crippen molar-refractivity contribution in [2.75, 3.05) is 33.3 Å². The molecule has 0 bridgehead atoms. The van der Waals surface area contributed by atoms with Gasteiger partial charge in [0.05, 0.1) is 36.5 Å². The summed E-state index contributed by atoms with van der Waals surface area (Å²) in [6.07, 6.45) is 5.48. The fraction of sp³-hybridized carbons (Fsp3) is 0.475. The van der Waals surface area contributed by atoms with Crippen LogP contribution in [0.2, 0.25) is 10.0 Å². The van der Waals surface area contributed by atoms with Crippen LogP contribution < -0.4 is 9.47 Å². The Morgan fingerprint density at radius 3 is 1.88 bits per heavy atom. The van der Waals surface area contributed by atoms with Gasteiger partial charge in [0.25, 0.3) is 5.91 Å². The van der Waals surface area contributed by atoms with Gasteiger partial charge in [0.2, 0.25) is 11.5 Å². The van der Waals surface area contributed by atoms with Crippen LogP contribution in [0.15, 0.2) is 71.9 Å². The van der Waals surface area contributed by atoms with E-state index in [1.165, 1.54) is 0 Å². The fourth-order valence-electron chi connectivity index (χ4n) is 8.00. The zero-order chi connectivity index (χ0) is 36.5. The summed E-state index contributed by atoms with van der Waals surface area (Å²) < 4.78 is 11.9.